The lowest BCUT2D eigenvalue weighted by Gasteiger charge is -2.14. The van der Waals surface area contributed by atoms with Gasteiger partial charge in [0.05, 0.1) is 0 Å². The minimum atomic E-state index is -0.0421. The van der Waals surface area contributed by atoms with Crippen LogP contribution in [0.5, 0.6) is 0 Å². The lowest BCUT2D eigenvalue weighted by molar-refractivity contribution is 0.0950. The molecule has 2 N–H and O–H groups in total. The van der Waals surface area contributed by atoms with E-state index in [1.54, 1.807) is 0 Å². The standard InChI is InChI=1S/C15H26N4O/c1-5-7-16-14-11-13(10-12(3)18-14)15(20)17-8-9-19(4)6-2/h10-11H,5-9H2,1-4H3,(H,16,18)(H,17,20). The first-order chi connectivity index (χ1) is 9.56. The van der Waals surface area contributed by atoms with Crippen LogP contribution in [-0.2, 0) is 0 Å². The first-order valence-corrected chi connectivity index (χ1v) is 7.26. The summed E-state index contributed by atoms with van der Waals surface area (Å²) in [5, 5.41) is 6.15. The number of hydrogen-bond donors (Lipinski definition) is 2. The molecular weight excluding hydrogens is 252 g/mol. The molecule has 1 aromatic heterocycles. The highest BCUT2D eigenvalue weighted by molar-refractivity contribution is 5.95. The van der Waals surface area contributed by atoms with Gasteiger partial charge in [0.25, 0.3) is 5.91 Å². The van der Waals surface area contributed by atoms with Crippen LogP contribution in [-0.4, -0.2) is 49.0 Å². The van der Waals surface area contributed by atoms with Crippen LogP contribution in [0.25, 0.3) is 0 Å². The van der Waals surface area contributed by atoms with Crippen LogP contribution in [0.2, 0.25) is 0 Å². The molecule has 0 aliphatic carbocycles. The summed E-state index contributed by atoms with van der Waals surface area (Å²) in [7, 11) is 2.04. The van der Waals surface area contributed by atoms with Crippen LogP contribution in [0.15, 0.2) is 12.1 Å². The molecule has 5 nitrogen and oxygen atoms in total. The number of amides is 1. The molecule has 1 heterocycles. The Labute approximate surface area is 121 Å². The number of carbonyl (C=O) groups excluding carboxylic acids is 1. The molecule has 0 aliphatic rings. The number of carbonyl (C=O) groups is 1. The Morgan fingerprint density at radius 2 is 2.05 bits per heavy atom. The molecule has 0 unspecified atom stereocenters. The van der Waals surface area contributed by atoms with Crippen LogP contribution in [0.1, 0.15) is 36.3 Å². The number of likely N-dealkylation sites (N-methyl/N-ethyl adjacent to an activating group) is 1. The van der Waals surface area contributed by atoms with E-state index < -0.39 is 0 Å². The van der Waals surface area contributed by atoms with E-state index in [0.29, 0.717) is 12.1 Å². The van der Waals surface area contributed by atoms with Gasteiger partial charge in [-0.15, -0.1) is 0 Å². The Kier molecular flexibility index (Phi) is 7.01. The van der Waals surface area contributed by atoms with Gasteiger partial charge >= 0.3 is 0 Å². The Balaban J connectivity index is 2.60. The van der Waals surface area contributed by atoms with E-state index in [-0.39, 0.29) is 5.91 Å². The zero-order chi connectivity index (χ0) is 15.0. The van der Waals surface area contributed by atoms with Gasteiger partial charge in [-0.3, -0.25) is 4.79 Å². The predicted octanol–water partition coefficient (Wildman–Crippen LogP) is 1.89. The molecule has 0 saturated carbocycles. The quantitative estimate of drug-likeness (QED) is 0.762. The fraction of sp³-hybridized carbons (Fsp3) is 0.600. The van der Waals surface area contributed by atoms with Gasteiger partial charge in [0.15, 0.2) is 0 Å². The lowest BCUT2D eigenvalue weighted by atomic mass is 10.2. The van der Waals surface area contributed by atoms with Crippen molar-refractivity contribution in [2.45, 2.75) is 27.2 Å². The Bertz CT molecular complexity index is 434. The van der Waals surface area contributed by atoms with E-state index >= 15 is 0 Å². The normalized spacial score (nSPS) is 10.7. The number of nitrogens with zero attached hydrogens (tertiary/aromatic N) is 2. The van der Waals surface area contributed by atoms with Crippen molar-refractivity contribution in [3.8, 4) is 0 Å². The summed E-state index contributed by atoms with van der Waals surface area (Å²) in [6, 6.07) is 3.62. The van der Waals surface area contributed by atoms with E-state index in [0.717, 1.165) is 37.6 Å². The van der Waals surface area contributed by atoms with Crippen molar-refractivity contribution >= 4 is 11.7 Å². The van der Waals surface area contributed by atoms with Crippen molar-refractivity contribution in [3.05, 3.63) is 23.4 Å². The molecule has 0 aliphatic heterocycles. The number of anilines is 1. The summed E-state index contributed by atoms with van der Waals surface area (Å²) < 4.78 is 0. The molecule has 0 saturated heterocycles. The maximum absolute atomic E-state index is 12.1. The van der Waals surface area contributed by atoms with E-state index in [1.165, 1.54) is 0 Å². The molecular formula is C15H26N4O. The summed E-state index contributed by atoms with van der Waals surface area (Å²) in [6.45, 7) is 9.45. The van der Waals surface area contributed by atoms with Crippen molar-refractivity contribution in [3.63, 3.8) is 0 Å². The summed E-state index contributed by atoms with van der Waals surface area (Å²) in [4.78, 5) is 18.6. The van der Waals surface area contributed by atoms with Gasteiger partial charge in [-0.2, -0.15) is 0 Å². The van der Waals surface area contributed by atoms with Gasteiger partial charge in [0.1, 0.15) is 5.82 Å². The second kappa shape index (κ2) is 8.53. The minimum Gasteiger partial charge on any atom is -0.370 e. The van der Waals surface area contributed by atoms with E-state index in [1.807, 2.05) is 26.1 Å². The lowest BCUT2D eigenvalue weighted by Crippen LogP contribution is -2.33. The third-order valence-corrected chi connectivity index (χ3v) is 3.09. The minimum absolute atomic E-state index is 0.0421. The zero-order valence-electron chi connectivity index (χ0n) is 13.0. The van der Waals surface area contributed by atoms with Crippen LogP contribution < -0.4 is 10.6 Å². The number of pyridine rings is 1. The number of hydrogen-bond acceptors (Lipinski definition) is 4. The van der Waals surface area contributed by atoms with Gasteiger partial charge in [-0.05, 0) is 39.1 Å². The molecule has 1 amide bonds. The summed E-state index contributed by atoms with van der Waals surface area (Å²) in [6.07, 6.45) is 1.03. The number of aromatic nitrogens is 1. The highest BCUT2D eigenvalue weighted by atomic mass is 16.1. The molecule has 112 valence electrons. The summed E-state index contributed by atoms with van der Waals surface area (Å²) in [5.74, 6) is 0.724. The first kappa shape index (κ1) is 16.4. The average Bonchev–Trinajstić information content (AvgIpc) is 2.44. The highest BCUT2D eigenvalue weighted by Gasteiger charge is 2.08. The molecule has 0 spiro atoms. The Morgan fingerprint density at radius 3 is 2.70 bits per heavy atom. The molecule has 5 heteroatoms. The van der Waals surface area contributed by atoms with Crippen molar-refractivity contribution in [2.24, 2.45) is 0 Å². The van der Waals surface area contributed by atoms with Gasteiger partial charge in [-0.25, -0.2) is 4.98 Å². The molecule has 1 rings (SSSR count). The van der Waals surface area contributed by atoms with Crippen LogP contribution in [0.3, 0.4) is 0 Å². The number of nitrogens with one attached hydrogen (secondary N) is 2. The van der Waals surface area contributed by atoms with Crippen molar-refractivity contribution < 1.29 is 4.79 Å². The molecule has 0 atom stereocenters. The SMILES string of the molecule is CCCNc1cc(C(=O)NCCN(C)CC)cc(C)n1. The average molecular weight is 278 g/mol. The zero-order valence-corrected chi connectivity index (χ0v) is 13.0. The summed E-state index contributed by atoms with van der Waals surface area (Å²) >= 11 is 0. The molecule has 0 radical (unpaired) electrons. The van der Waals surface area contributed by atoms with Crippen molar-refractivity contribution in [1.82, 2.24) is 15.2 Å². The topological polar surface area (TPSA) is 57.3 Å². The number of rotatable bonds is 8. The van der Waals surface area contributed by atoms with Crippen molar-refractivity contribution in [1.29, 1.82) is 0 Å². The van der Waals surface area contributed by atoms with E-state index in [2.05, 4.69) is 34.4 Å². The molecule has 20 heavy (non-hydrogen) atoms. The number of aryl methyl sites for hydroxylation is 1. The third kappa shape index (κ3) is 5.57. The maximum atomic E-state index is 12.1. The second-order valence-corrected chi connectivity index (χ2v) is 4.96. The smallest absolute Gasteiger partial charge is 0.251 e. The maximum Gasteiger partial charge on any atom is 0.251 e. The monoisotopic (exact) mass is 278 g/mol. The fourth-order valence-corrected chi connectivity index (χ4v) is 1.76. The van der Waals surface area contributed by atoms with Gasteiger partial charge in [-0.1, -0.05) is 13.8 Å². The Morgan fingerprint density at radius 1 is 1.30 bits per heavy atom. The third-order valence-electron chi connectivity index (χ3n) is 3.09. The predicted molar refractivity (Wildman–Crippen MR) is 83.3 cm³/mol. The van der Waals surface area contributed by atoms with Gasteiger partial charge < -0.3 is 15.5 Å². The van der Waals surface area contributed by atoms with E-state index in [4.69, 9.17) is 0 Å². The largest absolute Gasteiger partial charge is 0.370 e. The highest BCUT2D eigenvalue weighted by Crippen LogP contribution is 2.10. The van der Waals surface area contributed by atoms with Crippen LogP contribution in [0, 0.1) is 6.92 Å². The Hall–Kier alpha value is -1.62. The summed E-state index contributed by atoms with van der Waals surface area (Å²) in [5.41, 5.74) is 1.51. The van der Waals surface area contributed by atoms with Crippen LogP contribution in [0.4, 0.5) is 5.82 Å². The van der Waals surface area contributed by atoms with Crippen molar-refractivity contribution in [2.75, 3.05) is 38.5 Å². The first-order valence-electron chi connectivity index (χ1n) is 7.26. The molecule has 0 bridgehead atoms. The van der Waals surface area contributed by atoms with Gasteiger partial charge in [0, 0.05) is 30.9 Å². The molecule has 0 fully saturated rings. The fourth-order valence-electron chi connectivity index (χ4n) is 1.76. The molecule has 0 aromatic carbocycles. The second-order valence-electron chi connectivity index (χ2n) is 4.96. The van der Waals surface area contributed by atoms with Crippen LogP contribution >= 0.6 is 0 Å². The van der Waals surface area contributed by atoms with E-state index in [9.17, 15) is 4.79 Å². The van der Waals surface area contributed by atoms with Gasteiger partial charge in [0.2, 0.25) is 0 Å². The molecule has 1 aromatic rings.